The Morgan fingerprint density at radius 3 is 1.79 bits per heavy atom. The van der Waals surface area contributed by atoms with E-state index in [-0.39, 0.29) is 6.42 Å². The molecule has 4 aromatic carbocycles. The molecule has 1 aliphatic carbocycles. The molecule has 4 unspecified atom stereocenters. The first-order valence-electron chi connectivity index (χ1n) is 14.0. The maximum absolute atomic E-state index is 15.0. The molecular weight excluding hydrogens is 583 g/mol. The molecule has 0 bridgehead atoms. The highest BCUT2D eigenvalue weighted by Gasteiger charge is 2.73. The van der Waals surface area contributed by atoms with Crippen molar-refractivity contribution in [3.05, 3.63) is 129 Å². The van der Waals surface area contributed by atoms with E-state index < -0.39 is 46.8 Å². The van der Waals surface area contributed by atoms with Crippen LogP contribution in [0.1, 0.15) is 39.7 Å². The third-order valence-electron chi connectivity index (χ3n) is 9.12. The number of carbonyl (C=O) groups excluding carboxylic acids is 4. The molecule has 2 saturated heterocycles. The Bertz CT molecular complexity index is 1840. The van der Waals surface area contributed by atoms with E-state index in [0.717, 1.165) is 21.6 Å². The summed E-state index contributed by atoms with van der Waals surface area (Å²) in [4.78, 5) is 60.9. The molecular formula is C35H26Cl2N2O4. The van der Waals surface area contributed by atoms with Gasteiger partial charge in [-0.25, -0.2) is 9.80 Å². The molecule has 0 aromatic heterocycles. The van der Waals surface area contributed by atoms with E-state index in [9.17, 15) is 19.2 Å². The van der Waals surface area contributed by atoms with Crippen molar-refractivity contribution in [2.24, 2.45) is 11.3 Å². The predicted octanol–water partition coefficient (Wildman–Crippen LogP) is 6.78. The number of amides is 4. The molecule has 2 heterocycles. The van der Waals surface area contributed by atoms with Gasteiger partial charge in [-0.1, -0.05) is 76.8 Å². The van der Waals surface area contributed by atoms with E-state index >= 15 is 0 Å². The Morgan fingerprint density at radius 2 is 1.19 bits per heavy atom. The van der Waals surface area contributed by atoms with Crippen LogP contribution in [0.15, 0.2) is 91.0 Å². The van der Waals surface area contributed by atoms with Gasteiger partial charge in [-0.05, 0) is 85.5 Å². The van der Waals surface area contributed by atoms with E-state index in [1.807, 2.05) is 56.3 Å². The SMILES string of the molecule is Cc1ccc(CC23C(=O)N(c4ccc(Cl)cc4)C(=O)C2c2cc(C)ccc2C2C(=O)N(c4ccc(Cl)cc4)C(=O)C23)cc1. The van der Waals surface area contributed by atoms with E-state index in [2.05, 4.69) is 0 Å². The van der Waals surface area contributed by atoms with Crippen LogP contribution in [0.5, 0.6) is 0 Å². The van der Waals surface area contributed by atoms with Crippen molar-refractivity contribution in [2.45, 2.75) is 32.1 Å². The van der Waals surface area contributed by atoms with Gasteiger partial charge in [0.25, 0.3) is 0 Å². The van der Waals surface area contributed by atoms with Gasteiger partial charge < -0.3 is 0 Å². The first-order valence-corrected chi connectivity index (χ1v) is 14.8. The molecule has 7 rings (SSSR count). The van der Waals surface area contributed by atoms with Crippen molar-refractivity contribution in [3.8, 4) is 0 Å². The standard InChI is InChI=1S/C35H26Cl2N2O4/c1-19-3-6-21(7-4-19)18-35-29(32(41)39(34(35)43)25-14-10-23(37)11-15-25)27-17-20(2)5-16-26(27)28-30(35)33(42)38(31(28)40)24-12-8-22(36)9-13-24/h3-17,28-30H,18H2,1-2H3. The maximum Gasteiger partial charge on any atom is 0.242 e. The second-order valence-corrected chi connectivity index (χ2v) is 12.5. The highest BCUT2D eigenvalue weighted by atomic mass is 35.5. The zero-order valence-corrected chi connectivity index (χ0v) is 24.9. The number of anilines is 2. The highest BCUT2D eigenvalue weighted by Crippen LogP contribution is 2.63. The second kappa shape index (κ2) is 9.90. The first kappa shape index (κ1) is 27.6. The smallest absolute Gasteiger partial charge is 0.242 e. The molecule has 2 fully saturated rings. The summed E-state index contributed by atoms with van der Waals surface area (Å²) >= 11 is 12.3. The Balaban J connectivity index is 1.50. The van der Waals surface area contributed by atoms with Crippen LogP contribution in [0.2, 0.25) is 10.0 Å². The number of hydrogen-bond donors (Lipinski definition) is 0. The van der Waals surface area contributed by atoms with Crippen molar-refractivity contribution in [3.63, 3.8) is 0 Å². The number of aryl methyl sites for hydroxylation is 2. The number of halogens is 2. The lowest BCUT2D eigenvalue weighted by Gasteiger charge is -2.43. The zero-order valence-electron chi connectivity index (χ0n) is 23.4. The van der Waals surface area contributed by atoms with Gasteiger partial charge in [0, 0.05) is 10.0 Å². The summed E-state index contributed by atoms with van der Waals surface area (Å²) in [7, 11) is 0. The fourth-order valence-corrected chi connectivity index (χ4v) is 7.50. The van der Waals surface area contributed by atoms with Crippen molar-refractivity contribution in [1.29, 1.82) is 0 Å². The first-order chi connectivity index (χ1) is 20.6. The lowest BCUT2D eigenvalue weighted by Crippen LogP contribution is -2.51. The van der Waals surface area contributed by atoms with Crippen molar-refractivity contribution in [2.75, 3.05) is 9.80 Å². The van der Waals surface area contributed by atoms with Crippen LogP contribution in [0.25, 0.3) is 0 Å². The molecule has 3 aliphatic rings. The zero-order chi connectivity index (χ0) is 30.2. The van der Waals surface area contributed by atoms with Gasteiger partial charge in [0.15, 0.2) is 0 Å². The van der Waals surface area contributed by atoms with Gasteiger partial charge in [-0.3, -0.25) is 19.2 Å². The number of fused-ring (bicyclic) bond motifs is 6. The number of rotatable bonds is 4. The van der Waals surface area contributed by atoms with Crippen molar-refractivity contribution >= 4 is 58.2 Å². The molecule has 0 radical (unpaired) electrons. The maximum atomic E-state index is 15.0. The van der Waals surface area contributed by atoms with Crippen LogP contribution < -0.4 is 9.80 Å². The summed E-state index contributed by atoms with van der Waals surface area (Å²) in [5.74, 6) is -4.86. The van der Waals surface area contributed by atoms with E-state index in [1.54, 1.807) is 48.5 Å². The summed E-state index contributed by atoms with van der Waals surface area (Å²) in [6.07, 6.45) is 0.106. The summed E-state index contributed by atoms with van der Waals surface area (Å²) in [5, 5.41) is 0.929. The van der Waals surface area contributed by atoms with Crippen LogP contribution in [0.4, 0.5) is 11.4 Å². The number of nitrogens with zero attached hydrogens (tertiary/aromatic N) is 2. The Morgan fingerprint density at radius 1 is 0.628 bits per heavy atom. The average molecular weight is 610 g/mol. The summed E-state index contributed by atoms with van der Waals surface area (Å²) in [6.45, 7) is 3.88. The molecule has 4 atom stereocenters. The second-order valence-electron chi connectivity index (χ2n) is 11.7. The van der Waals surface area contributed by atoms with Crippen LogP contribution in [0.3, 0.4) is 0 Å². The van der Waals surface area contributed by atoms with Crippen LogP contribution >= 0.6 is 23.2 Å². The van der Waals surface area contributed by atoms with Crippen molar-refractivity contribution in [1.82, 2.24) is 0 Å². The molecule has 43 heavy (non-hydrogen) atoms. The highest BCUT2D eigenvalue weighted by molar-refractivity contribution is 6.33. The van der Waals surface area contributed by atoms with Gasteiger partial charge in [0.1, 0.15) is 0 Å². The molecule has 0 N–H and O–H groups in total. The number of hydrogen-bond acceptors (Lipinski definition) is 4. The van der Waals surface area contributed by atoms with E-state index in [4.69, 9.17) is 23.2 Å². The van der Waals surface area contributed by atoms with Crippen LogP contribution in [-0.4, -0.2) is 23.6 Å². The molecule has 4 aromatic rings. The Hall–Kier alpha value is -4.26. The Labute approximate surface area is 258 Å². The normalized spacial score (nSPS) is 24.3. The minimum Gasteiger partial charge on any atom is -0.274 e. The minimum atomic E-state index is -1.55. The molecule has 4 amide bonds. The van der Waals surface area contributed by atoms with E-state index in [1.165, 1.54) is 4.90 Å². The summed E-state index contributed by atoms with van der Waals surface area (Å²) in [5.41, 5.74) is 3.14. The third kappa shape index (κ3) is 4.00. The van der Waals surface area contributed by atoms with Crippen LogP contribution in [-0.2, 0) is 25.6 Å². The predicted molar refractivity (Wildman–Crippen MR) is 165 cm³/mol. The van der Waals surface area contributed by atoms with Gasteiger partial charge in [0.05, 0.1) is 34.5 Å². The van der Waals surface area contributed by atoms with Gasteiger partial charge in [0.2, 0.25) is 23.6 Å². The molecule has 0 saturated carbocycles. The quantitative estimate of drug-likeness (QED) is 0.239. The van der Waals surface area contributed by atoms with Crippen LogP contribution in [0, 0.1) is 25.2 Å². The van der Waals surface area contributed by atoms with Gasteiger partial charge in [-0.15, -0.1) is 0 Å². The van der Waals surface area contributed by atoms with Gasteiger partial charge in [-0.2, -0.15) is 0 Å². The third-order valence-corrected chi connectivity index (χ3v) is 9.62. The molecule has 8 heteroatoms. The topological polar surface area (TPSA) is 74.8 Å². The molecule has 0 spiro atoms. The summed E-state index contributed by atoms with van der Waals surface area (Å²) < 4.78 is 0. The average Bonchev–Trinajstić information content (AvgIpc) is 3.38. The number of benzene rings is 4. The lowest BCUT2D eigenvalue weighted by atomic mass is 9.54. The monoisotopic (exact) mass is 608 g/mol. The fourth-order valence-electron chi connectivity index (χ4n) is 7.24. The lowest BCUT2D eigenvalue weighted by molar-refractivity contribution is -0.138. The van der Waals surface area contributed by atoms with Crippen molar-refractivity contribution < 1.29 is 19.2 Å². The van der Waals surface area contributed by atoms with Gasteiger partial charge >= 0.3 is 0 Å². The number of carbonyl (C=O) groups is 4. The molecule has 6 nitrogen and oxygen atoms in total. The minimum absolute atomic E-state index is 0.106. The summed E-state index contributed by atoms with van der Waals surface area (Å²) in [6, 6.07) is 26.3. The largest absolute Gasteiger partial charge is 0.274 e. The molecule has 214 valence electrons. The fraction of sp³-hybridized carbons (Fsp3) is 0.200. The van der Waals surface area contributed by atoms with E-state index in [0.29, 0.717) is 32.5 Å². The number of imide groups is 2. The Kier molecular flexibility index (Phi) is 6.35. The molecule has 2 aliphatic heterocycles.